The van der Waals surface area contributed by atoms with Gasteiger partial charge in [-0.05, 0) is 64.1 Å². The molecule has 4 nitrogen and oxygen atoms in total. The van der Waals surface area contributed by atoms with Crippen molar-refractivity contribution in [2.45, 2.75) is 52.1 Å². The van der Waals surface area contributed by atoms with Crippen LogP contribution in [0.2, 0.25) is 0 Å². The van der Waals surface area contributed by atoms with Gasteiger partial charge >= 0.3 is 6.03 Å². The highest BCUT2D eigenvalue weighted by atomic mass is 32.1. The number of hydrogen-bond donors (Lipinski definition) is 2. The summed E-state index contributed by atoms with van der Waals surface area (Å²) in [5.41, 5.74) is -0.205. The minimum Gasteiger partial charge on any atom is -0.336 e. The van der Waals surface area contributed by atoms with Gasteiger partial charge in [0.25, 0.3) is 0 Å². The van der Waals surface area contributed by atoms with Crippen molar-refractivity contribution in [3.63, 3.8) is 0 Å². The van der Waals surface area contributed by atoms with Gasteiger partial charge in [0.2, 0.25) is 0 Å². The van der Waals surface area contributed by atoms with Gasteiger partial charge in [-0.3, -0.25) is 4.90 Å². The summed E-state index contributed by atoms with van der Waals surface area (Å²) in [7, 11) is 0. The number of thiophene rings is 1. The lowest BCUT2D eigenvalue weighted by molar-refractivity contribution is 0.137. The maximum atomic E-state index is 12.0. The SMILES string of the molecule is CC1CCN(C(CNC(=O)NC(C)(C)C)c2cccs2)CC1. The average Bonchev–Trinajstić information content (AvgIpc) is 2.93. The van der Waals surface area contributed by atoms with Gasteiger partial charge in [0.1, 0.15) is 0 Å². The molecule has 22 heavy (non-hydrogen) atoms. The number of carbonyl (C=O) groups is 1. The first-order valence-corrected chi connectivity index (χ1v) is 9.06. The van der Waals surface area contributed by atoms with Crippen molar-refractivity contribution < 1.29 is 4.79 Å². The monoisotopic (exact) mass is 323 g/mol. The zero-order chi connectivity index (χ0) is 16.2. The number of rotatable bonds is 4. The van der Waals surface area contributed by atoms with Crippen molar-refractivity contribution in [2.24, 2.45) is 5.92 Å². The first-order valence-electron chi connectivity index (χ1n) is 8.18. The molecular formula is C17H29N3OS. The molecule has 1 atom stereocenters. The number of nitrogens with one attached hydrogen (secondary N) is 2. The van der Waals surface area contributed by atoms with E-state index in [2.05, 4.69) is 40.0 Å². The number of carbonyl (C=O) groups excluding carboxylic acids is 1. The van der Waals surface area contributed by atoms with E-state index >= 15 is 0 Å². The molecule has 1 aliphatic heterocycles. The number of piperidine rings is 1. The largest absolute Gasteiger partial charge is 0.336 e. The summed E-state index contributed by atoms with van der Waals surface area (Å²) < 4.78 is 0. The van der Waals surface area contributed by atoms with E-state index in [0.29, 0.717) is 12.6 Å². The van der Waals surface area contributed by atoms with E-state index in [-0.39, 0.29) is 11.6 Å². The van der Waals surface area contributed by atoms with Crippen molar-refractivity contribution in [3.8, 4) is 0 Å². The molecule has 1 aliphatic rings. The Hall–Kier alpha value is -1.07. The molecule has 2 rings (SSSR count). The van der Waals surface area contributed by atoms with Crippen molar-refractivity contribution in [1.82, 2.24) is 15.5 Å². The van der Waals surface area contributed by atoms with Crippen LogP contribution in [0.3, 0.4) is 0 Å². The van der Waals surface area contributed by atoms with Crippen LogP contribution < -0.4 is 10.6 Å². The first-order chi connectivity index (χ1) is 10.3. The second kappa shape index (κ2) is 7.47. The number of urea groups is 1. The highest BCUT2D eigenvalue weighted by Gasteiger charge is 2.26. The van der Waals surface area contributed by atoms with E-state index in [1.54, 1.807) is 11.3 Å². The molecule has 1 saturated heterocycles. The van der Waals surface area contributed by atoms with E-state index in [9.17, 15) is 4.79 Å². The number of amides is 2. The Kier molecular flexibility index (Phi) is 5.87. The van der Waals surface area contributed by atoms with Crippen molar-refractivity contribution in [2.75, 3.05) is 19.6 Å². The van der Waals surface area contributed by atoms with E-state index in [1.165, 1.54) is 17.7 Å². The maximum absolute atomic E-state index is 12.0. The predicted molar refractivity (Wildman–Crippen MR) is 93.3 cm³/mol. The highest BCUT2D eigenvalue weighted by molar-refractivity contribution is 7.10. The standard InChI is InChI=1S/C17H29N3OS/c1-13-7-9-20(10-8-13)14(15-6-5-11-22-15)12-18-16(21)19-17(2,3)4/h5-6,11,13-14H,7-10,12H2,1-4H3,(H2,18,19,21). The van der Waals surface area contributed by atoms with E-state index in [1.807, 2.05) is 20.8 Å². The highest BCUT2D eigenvalue weighted by Crippen LogP contribution is 2.29. The van der Waals surface area contributed by atoms with Crippen molar-refractivity contribution in [3.05, 3.63) is 22.4 Å². The van der Waals surface area contributed by atoms with Gasteiger partial charge in [-0.1, -0.05) is 13.0 Å². The molecule has 1 aromatic rings. The van der Waals surface area contributed by atoms with Gasteiger partial charge in [0, 0.05) is 17.0 Å². The van der Waals surface area contributed by atoms with Crippen molar-refractivity contribution >= 4 is 17.4 Å². The second-order valence-electron chi connectivity index (χ2n) is 7.33. The Labute approximate surface area is 138 Å². The van der Waals surface area contributed by atoms with E-state index in [4.69, 9.17) is 0 Å². The Balaban J connectivity index is 1.96. The fourth-order valence-corrected chi connectivity index (χ4v) is 3.67. The number of likely N-dealkylation sites (tertiary alicyclic amines) is 1. The Morgan fingerprint density at radius 3 is 2.64 bits per heavy atom. The van der Waals surface area contributed by atoms with E-state index in [0.717, 1.165) is 19.0 Å². The van der Waals surface area contributed by atoms with Crippen LogP contribution in [0.15, 0.2) is 17.5 Å². The van der Waals surface area contributed by atoms with Gasteiger partial charge in [0.15, 0.2) is 0 Å². The Bertz CT molecular complexity index is 459. The molecule has 1 fully saturated rings. The molecule has 0 aliphatic carbocycles. The molecule has 0 saturated carbocycles. The van der Waals surface area contributed by atoms with E-state index < -0.39 is 0 Å². The normalized spacial score (nSPS) is 18.9. The van der Waals surface area contributed by atoms with Gasteiger partial charge < -0.3 is 10.6 Å². The zero-order valence-electron chi connectivity index (χ0n) is 14.2. The lowest BCUT2D eigenvalue weighted by Crippen LogP contribution is -2.49. The molecule has 5 heteroatoms. The first kappa shape index (κ1) is 17.3. The maximum Gasteiger partial charge on any atom is 0.315 e. The third kappa shape index (κ3) is 5.29. The summed E-state index contributed by atoms with van der Waals surface area (Å²) in [6.07, 6.45) is 2.49. The van der Waals surface area contributed by atoms with Gasteiger partial charge in [0.05, 0.1) is 6.04 Å². The Morgan fingerprint density at radius 1 is 1.41 bits per heavy atom. The van der Waals surface area contributed by atoms with Crippen LogP contribution in [-0.4, -0.2) is 36.1 Å². The quantitative estimate of drug-likeness (QED) is 0.889. The lowest BCUT2D eigenvalue weighted by atomic mass is 9.97. The predicted octanol–water partition coefficient (Wildman–Crippen LogP) is 3.62. The molecule has 2 N–H and O–H groups in total. The molecule has 2 amide bonds. The third-order valence-electron chi connectivity index (χ3n) is 4.08. The number of hydrogen-bond acceptors (Lipinski definition) is 3. The van der Waals surface area contributed by atoms with Crippen molar-refractivity contribution in [1.29, 1.82) is 0 Å². The number of nitrogens with zero attached hydrogens (tertiary/aromatic N) is 1. The zero-order valence-corrected chi connectivity index (χ0v) is 15.0. The van der Waals surface area contributed by atoms with Crippen LogP contribution in [0.5, 0.6) is 0 Å². The van der Waals surface area contributed by atoms with Crippen LogP contribution >= 0.6 is 11.3 Å². The van der Waals surface area contributed by atoms with Crippen LogP contribution in [-0.2, 0) is 0 Å². The molecule has 0 aromatic carbocycles. The summed E-state index contributed by atoms with van der Waals surface area (Å²) in [6, 6.07) is 4.48. The molecule has 2 heterocycles. The van der Waals surface area contributed by atoms with Gasteiger partial charge in [-0.2, -0.15) is 0 Å². The van der Waals surface area contributed by atoms with Crippen LogP contribution in [0.25, 0.3) is 0 Å². The Morgan fingerprint density at radius 2 is 2.09 bits per heavy atom. The minimum absolute atomic E-state index is 0.0839. The third-order valence-corrected chi connectivity index (χ3v) is 5.05. The molecule has 124 valence electrons. The molecule has 0 radical (unpaired) electrons. The minimum atomic E-state index is -0.205. The lowest BCUT2D eigenvalue weighted by Gasteiger charge is -2.36. The summed E-state index contributed by atoms with van der Waals surface area (Å²) in [6.45, 7) is 11.2. The van der Waals surface area contributed by atoms with Crippen LogP contribution in [0, 0.1) is 5.92 Å². The average molecular weight is 324 g/mol. The topological polar surface area (TPSA) is 44.4 Å². The van der Waals surface area contributed by atoms with Gasteiger partial charge in [-0.25, -0.2) is 4.79 Å². The van der Waals surface area contributed by atoms with Crippen LogP contribution in [0.4, 0.5) is 4.79 Å². The molecule has 0 bridgehead atoms. The molecular weight excluding hydrogens is 294 g/mol. The molecule has 1 aromatic heterocycles. The summed E-state index contributed by atoms with van der Waals surface area (Å²) in [5, 5.41) is 8.13. The fourth-order valence-electron chi connectivity index (χ4n) is 2.80. The fraction of sp³-hybridized carbons (Fsp3) is 0.706. The molecule has 0 spiro atoms. The van der Waals surface area contributed by atoms with Gasteiger partial charge in [-0.15, -0.1) is 11.3 Å². The van der Waals surface area contributed by atoms with Crippen LogP contribution in [0.1, 0.15) is 51.5 Å². The smallest absolute Gasteiger partial charge is 0.315 e. The summed E-state index contributed by atoms with van der Waals surface area (Å²) >= 11 is 1.78. The molecule has 1 unspecified atom stereocenters. The summed E-state index contributed by atoms with van der Waals surface area (Å²) in [5.74, 6) is 0.817. The second-order valence-corrected chi connectivity index (χ2v) is 8.31. The summed E-state index contributed by atoms with van der Waals surface area (Å²) in [4.78, 5) is 15.9.